The van der Waals surface area contributed by atoms with Crippen LogP contribution < -0.4 is 5.73 Å². The number of hydrogen-bond acceptors (Lipinski definition) is 3. The number of nitrogens with two attached hydrogens (primary N) is 1. The van der Waals surface area contributed by atoms with E-state index in [4.69, 9.17) is 10.2 Å². The van der Waals surface area contributed by atoms with Crippen molar-refractivity contribution in [3.63, 3.8) is 0 Å². The number of benzene rings is 1. The van der Waals surface area contributed by atoms with Crippen LogP contribution in [0, 0.1) is 0 Å². The first-order chi connectivity index (χ1) is 5.52. The van der Waals surface area contributed by atoms with Gasteiger partial charge in [0.2, 0.25) is 5.91 Å². The highest BCUT2D eigenvalue weighted by Crippen LogP contribution is 2.13. The molecule has 1 rings (SSSR count). The van der Waals surface area contributed by atoms with Gasteiger partial charge in [-0.05, 0) is 24.3 Å². The number of phenolic OH excluding ortho intramolecular Hbond substituents is 2. The van der Waals surface area contributed by atoms with Gasteiger partial charge in [-0.3, -0.25) is 4.79 Å². The molecule has 66 valence electrons. The second-order valence-electron chi connectivity index (χ2n) is 2.13. The molecule has 0 spiro atoms. The zero-order chi connectivity index (χ0) is 9.56. The van der Waals surface area contributed by atoms with Crippen LogP contribution in [0.15, 0.2) is 24.3 Å². The van der Waals surface area contributed by atoms with E-state index in [0.717, 1.165) is 0 Å². The van der Waals surface area contributed by atoms with Crippen LogP contribution in [-0.2, 0) is 4.79 Å². The highest BCUT2D eigenvalue weighted by atomic mass is 16.3. The maximum atomic E-state index is 9.22. The monoisotopic (exact) mass is 169 g/mol. The predicted octanol–water partition coefficient (Wildman–Crippen LogP) is 0.589. The van der Waals surface area contributed by atoms with Gasteiger partial charge in [0.15, 0.2) is 0 Å². The first kappa shape index (κ1) is 10.3. The summed E-state index contributed by atoms with van der Waals surface area (Å²) in [4.78, 5) is 9.22. The Labute approximate surface area is 70.3 Å². The number of rotatable bonds is 0. The van der Waals surface area contributed by atoms with E-state index in [1.807, 2.05) is 0 Å². The normalized spacial score (nSPS) is 8.08. The second kappa shape index (κ2) is 5.01. The largest absolute Gasteiger partial charge is 0.508 e. The molecule has 4 N–H and O–H groups in total. The van der Waals surface area contributed by atoms with E-state index >= 15 is 0 Å². The summed E-state index contributed by atoms with van der Waals surface area (Å²) in [6.45, 7) is 1.31. The van der Waals surface area contributed by atoms with Crippen molar-refractivity contribution in [1.29, 1.82) is 0 Å². The zero-order valence-corrected chi connectivity index (χ0v) is 6.69. The summed E-state index contributed by atoms with van der Waals surface area (Å²) >= 11 is 0. The summed E-state index contributed by atoms with van der Waals surface area (Å²) in [6.07, 6.45) is 0. The van der Waals surface area contributed by atoms with Crippen molar-refractivity contribution in [2.24, 2.45) is 5.73 Å². The number of aromatic hydroxyl groups is 2. The van der Waals surface area contributed by atoms with Crippen molar-refractivity contribution in [1.82, 2.24) is 0 Å². The molecule has 4 heteroatoms. The highest BCUT2D eigenvalue weighted by molar-refractivity contribution is 5.70. The van der Waals surface area contributed by atoms with Gasteiger partial charge in [-0.25, -0.2) is 0 Å². The summed E-state index contributed by atoms with van der Waals surface area (Å²) in [5, 5.41) is 17.3. The highest BCUT2D eigenvalue weighted by Gasteiger charge is 1.84. The van der Waals surface area contributed by atoms with Gasteiger partial charge in [-0.15, -0.1) is 0 Å². The van der Waals surface area contributed by atoms with E-state index in [2.05, 4.69) is 5.73 Å². The fourth-order valence-electron chi connectivity index (χ4n) is 0.453. The molecule has 0 saturated heterocycles. The quantitative estimate of drug-likeness (QED) is 0.497. The molecular weight excluding hydrogens is 158 g/mol. The predicted molar refractivity (Wildman–Crippen MR) is 44.6 cm³/mol. The van der Waals surface area contributed by atoms with E-state index < -0.39 is 0 Å². The van der Waals surface area contributed by atoms with Gasteiger partial charge >= 0.3 is 0 Å². The van der Waals surface area contributed by atoms with E-state index in [0.29, 0.717) is 0 Å². The van der Waals surface area contributed by atoms with Gasteiger partial charge in [0.1, 0.15) is 11.5 Å². The first-order valence-corrected chi connectivity index (χ1v) is 3.26. The van der Waals surface area contributed by atoms with Gasteiger partial charge in [0.25, 0.3) is 0 Å². The van der Waals surface area contributed by atoms with Crippen LogP contribution in [0.5, 0.6) is 11.5 Å². The smallest absolute Gasteiger partial charge is 0.214 e. The fourth-order valence-corrected chi connectivity index (χ4v) is 0.453. The van der Waals surface area contributed by atoms with E-state index in [1.165, 1.54) is 31.2 Å². The molecule has 0 bridgehead atoms. The SMILES string of the molecule is CC(N)=O.Oc1ccc(O)cc1. The third-order valence-corrected chi connectivity index (χ3v) is 0.850. The van der Waals surface area contributed by atoms with Crippen molar-refractivity contribution in [3.05, 3.63) is 24.3 Å². The lowest BCUT2D eigenvalue weighted by molar-refractivity contribution is -0.115. The molecule has 0 atom stereocenters. The summed E-state index contributed by atoms with van der Waals surface area (Å²) in [5.41, 5.74) is 4.47. The Kier molecular flexibility index (Phi) is 4.30. The van der Waals surface area contributed by atoms with Crippen molar-refractivity contribution in [3.8, 4) is 11.5 Å². The van der Waals surface area contributed by atoms with Gasteiger partial charge < -0.3 is 15.9 Å². The van der Waals surface area contributed by atoms with Gasteiger partial charge in [0, 0.05) is 6.92 Å². The molecule has 0 fully saturated rings. The molecule has 0 heterocycles. The van der Waals surface area contributed by atoms with Crippen LogP contribution in [-0.4, -0.2) is 16.1 Å². The third-order valence-electron chi connectivity index (χ3n) is 0.850. The number of carbonyl (C=O) groups excluding carboxylic acids is 1. The van der Waals surface area contributed by atoms with Crippen molar-refractivity contribution in [2.75, 3.05) is 0 Å². The lowest BCUT2D eigenvalue weighted by Crippen LogP contribution is -2.01. The summed E-state index contributed by atoms with van der Waals surface area (Å²) < 4.78 is 0. The number of hydrogen-bond donors (Lipinski definition) is 3. The topological polar surface area (TPSA) is 83.6 Å². The van der Waals surface area contributed by atoms with Crippen molar-refractivity contribution >= 4 is 5.91 Å². The molecule has 0 aliphatic heterocycles. The number of primary amides is 1. The fraction of sp³-hybridized carbons (Fsp3) is 0.125. The number of carbonyl (C=O) groups is 1. The van der Waals surface area contributed by atoms with Crippen LogP contribution in [0.25, 0.3) is 0 Å². The third kappa shape index (κ3) is 6.41. The zero-order valence-electron chi connectivity index (χ0n) is 6.69. The Hall–Kier alpha value is -1.71. The van der Waals surface area contributed by atoms with Gasteiger partial charge in [0.05, 0.1) is 0 Å². The number of phenols is 2. The Morgan fingerprint density at radius 3 is 1.50 bits per heavy atom. The Bertz CT molecular complexity index is 218. The van der Waals surface area contributed by atoms with Gasteiger partial charge in [-0.2, -0.15) is 0 Å². The van der Waals surface area contributed by atoms with E-state index in [-0.39, 0.29) is 17.4 Å². The molecule has 1 amide bonds. The Balaban J connectivity index is 0.000000261. The van der Waals surface area contributed by atoms with Crippen LogP contribution in [0.1, 0.15) is 6.92 Å². The maximum Gasteiger partial charge on any atom is 0.214 e. The average Bonchev–Trinajstić information content (AvgIpc) is 1.94. The lowest BCUT2D eigenvalue weighted by atomic mass is 10.3. The van der Waals surface area contributed by atoms with E-state index in [9.17, 15) is 4.79 Å². The maximum absolute atomic E-state index is 9.22. The molecule has 0 aliphatic carbocycles. The summed E-state index contributed by atoms with van der Waals surface area (Å²) in [5.74, 6) is 0.00519. The van der Waals surface area contributed by atoms with E-state index in [1.54, 1.807) is 0 Å². The minimum atomic E-state index is -0.333. The van der Waals surface area contributed by atoms with Crippen LogP contribution >= 0.6 is 0 Å². The van der Waals surface area contributed by atoms with Crippen LogP contribution in [0.2, 0.25) is 0 Å². The second-order valence-corrected chi connectivity index (χ2v) is 2.13. The Morgan fingerprint density at radius 1 is 1.17 bits per heavy atom. The van der Waals surface area contributed by atoms with Crippen molar-refractivity contribution in [2.45, 2.75) is 6.92 Å². The molecule has 4 nitrogen and oxygen atoms in total. The molecule has 0 aliphatic rings. The summed E-state index contributed by atoms with van der Waals surface area (Å²) in [6, 6.07) is 5.70. The van der Waals surface area contributed by atoms with Crippen molar-refractivity contribution < 1.29 is 15.0 Å². The van der Waals surface area contributed by atoms with Crippen LogP contribution in [0.3, 0.4) is 0 Å². The minimum Gasteiger partial charge on any atom is -0.508 e. The molecule has 0 unspecified atom stereocenters. The Morgan fingerprint density at radius 2 is 1.33 bits per heavy atom. The average molecular weight is 169 g/mol. The molecule has 0 saturated carbocycles. The molecule has 0 aromatic heterocycles. The molecular formula is C8H11NO3. The number of amides is 1. The molecule has 1 aromatic carbocycles. The van der Waals surface area contributed by atoms with Gasteiger partial charge in [-0.1, -0.05) is 0 Å². The lowest BCUT2D eigenvalue weighted by Gasteiger charge is -1.88. The molecule has 0 radical (unpaired) electrons. The van der Waals surface area contributed by atoms with Crippen LogP contribution in [0.4, 0.5) is 0 Å². The minimum absolute atomic E-state index is 0.169. The summed E-state index contributed by atoms with van der Waals surface area (Å²) in [7, 11) is 0. The first-order valence-electron chi connectivity index (χ1n) is 3.26. The standard InChI is InChI=1S/C6H6O2.C2H5NO/c7-5-1-2-6(8)4-3-5;1-2(3)4/h1-4,7-8H;1H3,(H2,3,4). The molecule has 12 heavy (non-hydrogen) atoms. The molecule has 1 aromatic rings.